The van der Waals surface area contributed by atoms with E-state index in [-0.39, 0.29) is 5.82 Å². The molecule has 1 aliphatic rings. The first-order valence-corrected chi connectivity index (χ1v) is 5.64. The lowest BCUT2D eigenvalue weighted by Gasteiger charge is -2.33. The Morgan fingerprint density at radius 3 is 2.59 bits per heavy atom. The molecule has 1 heterocycles. The molecule has 4 heteroatoms. The molecule has 3 nitrogen and oxygen atoms in total. The van der Waals surface area contributed by atoms with Crippen molar-refractivity contribution in [2.75, 3.05) is 13.2 Å². The van der Waals surface area contributed by atoms with Gasteiger partial charge in [-0.1, -0.05) is 12.1 Å². The molecule has 0 unspecified atom stereocenters. The van der Waals surface area contributed by atoms with Crippen LogP contribution in [0.3, 0.4) is 0 Å². The minimum atomic E-state index is -0.920. The second kappa shape index (κ2) is 4.45. The zero-order valence-electron chi connectivity index (χ0n) is 9.70. The number of halogens is 1. The van der Waals surface area contributed by atoms with E-state index in [1.165, 1.54) is 6.07 Å². The smallest absolute Gasteiger partial charge is 0.314 e. The van der Waals surface area contributed by atoms with Crippen LogP contribution in [0.4, 0.5) is 4.39 Å². The molecule has 1 saturated heterocycles. The number of benzene rings is 1. The van der Waals surface area contributed by atoms with E-state index in [0.717, 1.165) is 0 Å². The molecule has 0 bridgehead atoms. The Morgan fingerprint density at radius 1 is 1.41 bits per heavy atom. The third-order valence-electron chi connectivity index (χ3n) is 3.47. The van der Waals surface area contributed by atoms with Crippen LogP contribution in [0.25, 0.3) is 0 Å². The van der Waals surface area contributed by atoms with E-state index in [1.807, 2.05) is 0 Å². The van der Waals surface area contributed by atoms with Gasteiger partial charge in [-0.25, -0.2) is 4.39 Å². The molecule has 0 atom stereocenters. The Bertz CT molecular complexity index is 436. The predicted molar refractivity (Wildman–Crippen MR) is 60.5 cm³/mol. The van der Waals surface area contributed by atoms with Crippen LogP contribution < -0.4 is 0 Å². The van der Waals surface area contributed by atoms with Crippen molar-refractivity contribution in [1.82, 2.24) is 0 Å². The summed E-state index contributed by atoms with van der Waals surface area (Å²) in [5.41, 5.74) is 0.235. The first kappa shape index (κ1) is 12.0. The third-order valence-corrected chi connectivity index (χ3v) is 3.47. The fourth-order valence-corrected chi connectivity index (χ4v) is 2.29. The van der Waals surface area contributed by atoms with Crippen molar-refractivity contribution in [2.45, 2.75) is 25.2 Å². The van der Waals surface area contributed by atoms with Crippen LogP contribution in [0.15, 0.2) is 18.2 Å². The number of carbonyl (C=O) groups is 1. The van der Waals surface area contributed by atoms with E-state index in [4.69, 9.17) is 4.74 Å². The Morgan fingerprint density at radius 2 is 2.06 bits per heavy atom. The number of aliphatic carboxylic acids is 1. The number of rotatable bonds is 2. The highest BCUT2D eigenvalue weighted by Crippen LogP contribution is 2.35. The summed E-state index contributed by atoms with van der Waals surface area (Å²) in [6.07, 6.45) is 0.876. The average molecular weight is 238 g/mol. The highest BCUT2D eigenvalue weighted by Gasteiger charge is 2.41. The molecular weight excluding hydrogens is 223 g/mol. The van der Waals surface area contributed by atoms with Gasteiger partial charge in [0.1, 0.15) is 5.82 Å². The molecule has 1 fully saturated rings. The minimum absolute atomic E-state index is 0.304. The van der Waals surface area contributed by atoms with E-state index >= 15 is 0 Å². The van der Waals surface area contributed by atoms with Gasteiger partial charge < -0.3 is 9.84 Å². The van der Waals surface area contributed by atoms with Gasteiger partial charge in [-0.2, -0.15) is 0 Å². The van der Waals surface area contributed by atoms with Crippen LogP contribution in [0.1, 0.15) is 24.0 Å². The number of carboxylic acids is 1. The van der Waals surface area contributed by atoms with E-state index in [0.29, 0.717) is 37.2 Å². The number of carboxylic acid groups (broad SMARTS) is 1. The van der Waals surface area contributed by atoms with E-state index in [9.17, 15) is 14.3 Å². The Labute approximate surface area is 99.2 Å². The standard InChI is InChI=1S/C13H15FO3/c1-9-8-10(2-3-11(9)14)13(12(15)16)4-6-17-7-5-13/h2-3,8H,4-7H2,1H3,(H,15,16). The Kier molecular flexibility index (Phi) is 3.15. The molecule has 0 saturated carbocycles. The fraction of sp³-hybridized carbons (Fsp3) is 0.462. The molecule has 92 valence electrons. The maximum atomic E-state index is 13.2. The maximum absolute atomic E-state index is 13.2. The second-order valence-corrected chi connectivity index (χ2v) is 4.46. The summed E-state index contributed by atoms with van der Waals surface area (Å²) in [7, 11) is 0. The lowest BCUT2D eigenvalue weighted by Crippen LogP contribution is -2.41. The van der Waals surface area contributed by atoms with E-state index < -0.39 is 11.4 Å². The molecule has 0 aliphatic carbocycles. The summed E-state index contributed by atoms with van der Waals surface area (Å²) in [6.45, 7) is 2.51. The highest BCUT2D eigenvalue weighted by atomic mass is 19.1. The number of ether oxygens (including phenoxy) is 1. The van der Waals surface area contributed by atoms with Gasteiger partial charge in [-0.3, -0.25) is 4.79 Å². The van der Waals surface area contributed by atoms with Gasteiger partial charge in [0.15, 0.2) is 0 Å². The largest absolute Gasteiger partial charge is 0.481 e. The van der Waals surface area contributed by atoms with Crippen LogP contribution in [0, 0.1) is 12.7 Å². The number of hydrogen-bond acceptors (Lipinski definition) is 2. The molecule has 1 aromatic rings. The van der Waals surface area contributed by atoms with Crippen LogP contribution >= 0.6 is 0 Å². The van der Waals surface area contributed by atoms with Crippen LogP contribution in [-0.2, 0) is 14.9 Å². The first-order chi connectivity index (χ1) is 8.06. The topological polar surface area (TPSA) is 46.5 Å². The molecule has 0 aromatic heterocycles. The van der Waals surface area contributed by atoms with E-state index in [1.54, 1.807) is 19.1 Å². The van der Waals surface area contributed by atoms with Gasteiger partial charge >= 0.3 is 5.97 Å². The number of aryl methyl sites for hydroxylation is 1. The Balaban J connectivity index is 2.45. The van der Waals surface area contributed by atoms with Gasteiger partial charge in [0.05, 0.1) is 5.41 Å². The molecule has 0 amide bonds. The van der Waals surface area contributed by atoms with Crippen molar-refractivity contribution in [2.24, 2.45) is 0 Å². The van der Waals surface area contributed by atoms with E-state index in [2.05, 4.69) is 0 Å². The zero-order chi connectivity index (χ0) is 12.5. The van der Waals surface area contributed by atoms with Crippen LogP contribution in [0.2, 0.25) is 0 Å². The highest BCUT2D eigenvalue weighted by molar-refractivity contribution is 5.81. The summed E-state index contributed by atoms with van der Waals surface area (Å²) in [5, 5.41) is 9.45. The summed E-state index contributed by atoms with van der Waals surface area (Å²) in [4.78, 5) is 11.5. The molecule has 0 radical (unpaired) electrons. The molecule has 1 N–H and O–H groups in total. The van der Waals surface area contributed by atoms with Gasteiger partial charge in [-0.05, 0) is 37.0 Å². The normalized spacial score (nSPS) is 18.9. The van der Waals surface area contributed by atoms with Crippen molar-refractivity contribution in [3.63, 3.8) is 0 Å². The lowest BCUT2D eigenvalue weighted by molar-refractivity contribution is -0.147. The van der Waals surface area contributed by atoms with Crippen LogP contribution in [0.5, 0.6) is 0 Å². The molecule has 2 rings (SSSR count). The van der Waals surface area contributed by atoms with Gasteiger partial charge in [-0.15, -0.1) is 0 Å². The van der Waals surface area contributed by atoms with Crippen molar-refractivity contribution >= 4 is 5.97 Å². The van der Waals surface area contributed by atoms with Gasteiger partial charge in [0.2, 0.25) is 0 Å². The quantitative estimate of drug-likeness (QED) is 0.859. The molecule has 17 heavy (non-hydrogen) atoms. The number of hydrogen-bond donors (Lipinski definition) is 1. The first-order valence-electron chi connectivity index (χ1n) is 5.64. The van der Waals surface area contributed by atoms with Crippen molar-refractivity contribution in [1.29, 1.82) is 0 Å². The molecule has 1 aromatic carbocycles. The van der Waals surface area contributed by atoms with Crippen molar-refractivity contribution in [3.05, 3.63) is 35.1 Å². The van der Waals surface area contributed by atoms with Crippen molar-refractivity contribution in [3.8, 4) is 0 Å². The molecule has 1 aliphatic heterocycles. The monoisotopic (exact) mass is 238 g/mol. The SMILES string of the molecule is Cc1cc(C2(C(=O)O)CCOCC2)ccc1F. The molecule has 0 spiro atoms. The summed E-state index contributed by atoms with van der Waals surface area (Å²) < 4.78 is 18.4. The summed E-state index contributed by atoms with van der Waals surface area (Å²) in [5.74, 6) is -1.16. The lowest BCUT2D eigenvalue weighted by atomic mass is 9.74. The summed E-state index contributed by atoms with van der Waals surface area (Å²) >= 11 is 0. The Hall–Kier alpha value is -1.42. The maximum Gasteiger partial charge on any atom is 0.314 e. The molecular formula is C13H15FO3. The fourth-order valence-electron chi connectivity index (χ4n) is 2.29. The predicted octanol–water partition coefficient (Wildman–Crippen LogP) is 2.27. The minimum Gasteiger partial charge on any atom is -0.481 e. The van der Waals surface area contributed by atoms with Gasteiger partial charge in [0, 0.05) is 13.2 Å². The average Bonchev–Trinajstić information content (AvgIpc) is 2.33. The zero-order valence-corrected chi connectivity index (χ0v) is 9.70. The van der Waals surface area contributed by atoms with Crippen molar-refractivity contribution < 1.29 is 19.0 Å². The summed E-state index contributed by atoms with van der Waals surface area (Å²) in [6, 6.07) is 4.54. The third kappa shape index (κ3) is 2.05. The second-order valence-electron chi connectivity index (χ2n) is 4.46. The van der Waals surface area contributed by atoms with Crippen LogP contribution in [-0.4, -0.2) is 24.3 Å². The van der Waals surface area contributed by atoms with Gasteiger partial charge in [0.25, 0.3) is 0 Å².